The van der Waals surface area contributed by atoms with Gasteiger partial charge in [0.25, 0.3) is 0 Å². The average molecular weight is 224 g/mol. The summed E-state index contributed by atoms with van der Waals surface area (Å²) in [6.07, 6.45) is 2.40. The predicted molar refractivity (Wildman–Crippen MR) is 62.0 cm³/mol. The van der Waals surface area contributed by atoms with Gasteiger partial charge in [0.2, 0.25) is 0 Å². The number of thiazole rings is 1. The molecule has 1 aliphatic heterocycles. The molecule has 0 radical (unpaired) electrons. The fourth-order valence-corrected chi connectivity index (χ4v) is 3.48. The number of hydrogen-bond donors (Lipinski definition) is 2. The van der Waals surface area contributed by atoms with Gasteiger partial charge in [-0.25, -0.2) is 4.98 Å². The van der Waals surface area contributed by atoms with Gasteiger partial charge in [-0.15, -0.1) is 11.3 Å². The van der Waals surface area contributed by atoms with Crippen molar-refractivity contribution in [3.05, 3.63) is 10.6 Å². The third kappa shape index (κ3) is 1.64. The van der Waals surface area contributed by atoms with Crippen molar-refractivity contribution in [2.24, 2.45) is 0 Å². The lowest BCUT2D eigenvalue weighted by molar-refractivity contribution is 0.171. The third-order valence-electron chi connectivity index (χ3n) is 3.30. The molecule has 1 fully saturated rings. The van der Waals surface area contributed by atoms with Gasteiger partial charge in [0.05, 0.1) is 11.7 Å². The minimum absolute atomic E-state index is 0.538. The summed E-state index contributed by atoms with van der Waals surface area (Å²) in [5.74, 6) is 0. The summed E-state index contributed by atoms with van der Waals surface area (Å²) in [6, 6.07) is 0.538. The standard InChI is InChI=1S/C10H16N4S/c11-10-13-9-7(1-2-8(9)15-10)14-5-3-12-4-6-14/h7,12H,1-6H2,(H2,11,13). The van der Waals surface area contributed by atoms with E-state index in [2.05, 4.69) is 15.2 Å². The number of aryl methyl sites for hydroxylation is 1. The monoisotopic (exact) mass is 224 g/mol. The van der Waals surface area contributed by atoms with Crippen LogP contribution in [0, 0.1) is 0 Å². The highest BCUT2D eigenvalue weighted by atomic mass is 32.1. The average Bonchev–Trinajstić information content (AvgIpc) is 2.77. The van der Waals surface area contributed by atoms with Crippen LogP contribution in [0.25, 0.3) is 0 Å². The van der Waals surface area contributed by atoms with E-state index in [0.717, 1.165) is 31.3 Å². The smallest absolute Gasteiger partial charge is 0.180 e. The SMILES string of the molecule is Nc1nc2c(s1)CCC2N1CCNCC1. The van der Waals surface area contributed by atoms with Crippen molar-refractivity contribution in [3.63, 3.8) is 0 Å². The first-order chi connectivity index (χ1) is 7.34. The zero-order valence-corrected chi connectivity index (χ0v) is 9.52. The van der Waals surface area contributed by atoms with Crippen molar-refractivity contribution in [2.45, 2.75) is 18.9 Å². The summed E-state index contributed by atoms with van der Waals surface area (Å²) in [4.78, 5) is 8.44. The molecule has 0 bridgehead atoms. The normalized spacial score (nSPS) is 26.8. The molecule has 5 heteroatoms. The molecule has 1 atom stereocenters. The van der Waals surface area contributed by atoms with E-state index in [9.17, 15) is 0 Å². The van der Waals surface area contributed by atoms with Gasteiger partial charge in [0.15, 0.2) is 5.13 Å². The maximum Gasteiger partial charge on any atom is 0.180 e. The summed E-state index contributed by atoms with van der Waals surface area (Å²) in [5.41, 5.74) is 7.02. The maximum absolute atomic E-state index is 5.76. The maximum atomic E-state index is 5.76. The van der Waals surface area contributed by atoms with E-state index in [0.29, 0.717) is 6.04 Å². The van der Waals surface area contributed by atoms with E-state index in [-0.39, 0.29) is 0 Å². The zero-order valence-electron chi connectivity index (χ0n) is 8.70. The quantitative estimate of drug-likeness (QED) is 0.734. The number of piperazine rings is 1. The molecule has 2 heterocycles. The van der Waals surface area contributed by atoms with Crippen LogP contribution in [0.2, 0.25) is 0 Å². The van der Waals surface area contributed by atoms with Crippen molar-refractivity contribution < 1.29 is 0 Å². The van der Waals surface area contributed by atoms with Crippen molar-refractivity contribution >= 4 is 16.5 Å². The Bertz CT molecular complexity index is 356. The lowest BCUT2D eigenvalue weighted by Gasteiger charge is -2.32. The molecular weight excluding hydrogens is 208 g/mol. The Morgan fingerprint density at radius 1 is 1.40 bits per heavy atom. The number of hydrogen-bond acceptors (Lipinski definition) is 5. The number of rotatable bonds is 1. The van der Waals surface area contributed by atoms with Crippen LogP contribution >= 0.6 is 11.3 Å². The molecule has 2 aliphatic rings. The van der Waals surface area contributed by atoms with Crippen molar-refractivity contribution in [3.8, 4) is 0 Å². The van der Waals surface area contributed by atoms with Gasteiger partial charge in [-0.1, -0.05) is 0 Å². The Balaban J connectivity index is 1.82. The summed E-state index contributed by atoms with van der Waals surface area (Å²) < 4.78 is 0. The Hall–Kier alpha value is -0.650. The predicted octanol–water partition coefficient (Wildman–Crippen LogP) is 0.618. The molecule has 0 saturated carbocycles. The first-order valence-corrected chi connectivity index (χ1v) is 6.36. The van der Waals surface area contributed by atoms with Gasteiger partial charge in [0.1, 0.15) is 0 Å². The van der Waals surface area contributed by atoms with Crippen LogP contribution in [0.4, 0.5) is 5.13 Å². The van der Waals surface area contributed by atoms with Crippen LogP contribution in [-0.2, 0) is 6.42 Å². The highest BCUT2D eigenvalue weighted by Gasteiger charge is 2.31. The van der Waals surface area contributed by atoms with E-state index < -0.39 is 0 Å². The Morgan fingerprint density at radius 2 is 2.20 bits per heavy atom. The molecule has 15 heavy (non-hydrogen) atoms. The molecule has 1 aromatic heterocycles. The first kappa shape index (κ1) is 9.57. The largest absolute Gasteiger partial charge is 0.375 e. The molecule has 3 N–H and O–H groups in total. The van der Waals surface area contributed by atoms with E-state index in [4.69, 9.17) is 5.73 Å². The molecule has 0 amide bonds. The highest BCUT2D eigenvalue weighted by molar-refractivity contribution is 7.15. The Kier molecular flexibility index (Phi) is 2.38. The van der Waals surface area contributed by atoms with Crippen LogP contribution in [0.15, 0.2) is 0 Å². The lowest BCUT2D eigenvalue weighted by Crippen LogP contribution is -2.44. The molecular formula is C10H16N4S. The van der Waals surface area contributed by atoms with E-state index in [1.807, 2.05) is 0 Å². The Morgan fingerprint density at radius 3 is 3.00 bits per heavy atom. The molecule has 82 valence electrons. The summed E-state index contributed by atoms with van der Waals surface area (Å²) in [5, 5.41) is 4.12. The lowest BCUT2D eigenvalue weighted by atomic mass is 10.2. The van der Waals surface area contributed by atoms with Crippen molar-refractivity contribution in [1.29, 1.82) is 0 Å². The Labute approximate surface area is 93.5 Å². The number of fused-ring (bicyclic) bond motifs is 1. The van der Waals surface area contributed by atoms with E-state index in [1.54, 1.807) is 11.3 Å². The minimum Gasteiger partial charge on any atom is -0.375 e. The fourth-order valence-electron chi connectivity index (χ4n) is 2.58. The molecule has 1 unspecified atom stereocenters. The second-order valence-electron chi connectivity index (χ2n) is 4.20. The van der Waals surface area contributed by atoms with Gasteiger partial charge in [-0.3, -0.25) is 4.90 Å². The molecule has 4 nitrogen and oxygen atoms in total. The second-order valence-corrected chi connectivity index (χ2v) is 5.32. The van der Waals surface area contributed by atoms with Gasteiger partial charge in [-0.05, 0) is 12.8 Å². The number of aromatic nitrogens is 1. The highest BCUT2D eigenvalue weighted by Crippen LogP contribution is 2.39. The van der Waals surface area contributed by atoms with Crippen LogP contribution in [-0.4, -0.2) is 36.1 Å². The second kappa shape index (κ2) is 3.73. The summed E-state index contributed by atoms with van der Waals surface area (Å²) in [7, 11) is 0. The summed E-state index contributed by atoms with van der Waals surface area (Å²) >= 11 is 1.67. The van der Waals surface area contributed by atoms with Crippen molar-refractivity contribution in [2.75, 3.05) is 31.9 Å². The third-order valence-corrected chi connectivity index (χ3v) is 4.26. The number of nitrogen functional groups attached to an aromatic ring is 1. The van der Waals surface area contributed by atoms with Gasteiger partial charge in [0, 0.05) is 31.1 Å². The fraction of sp³-hybridized carbons (Fsp3) is 0.700. The first-order valence-electron chi connectivity index (χ1n) is 5.54. The number of anilines is 1. The van der Waals surface area contributed by atoms with Crippen LogP contribution < -0.4 is 11.1 Å². The minimum atomic E-state index is 0.538. The molecule has 3 rings (SSSR count). The van der Waals surface area contributed by atoms with Gasteiger partial charge < -0.3 is 11.1 Å². The van der Waals surface area contributed by atoms with Crippen LogP contribution in [0.3, 0.4) is 0 Å². The van der Waals surface area contributed by atoms with Gasteiger partial charge in [-0.2, -0.15) is 0 Å². The van der Waals surface area contributed by atoms with Crippen molar-refractivity contribution in [1.82, 2.24) is 15.2 Å². The molecule has 1 aromatic rings. The number of nitrogens with two attached hydrogens (primary N) is 1. The zero-order chi connectivity index (χ0) is 10.3. The molecule has 1 aliphatic carbocycles. The molecule has 1 saturated heterocycles. The van der Waals surface area contributed by atoms with Crippen LogP contribution in [0.5, 0.6) is 0 Å². The molecule has 0 spiro atoms. The van der Waals surface area contributed by atoms with E-state index >= 15 is 0 Å². The molecule has 0 aromatic carbocycles. The van der Waals surface area contributed by atoms with Gasteiger partial charge >= 0.3 is 0 Å². The van der Waals surface area contributed by atoms with Crippen LogP contribution in [0.1, 0.15) is 23.0 Å². The summed E-state index contributed by atoms with van der Waals surface area (Å²) in [6.45, 7) is 4.49. The topological polar surface area (TPSA) is 54.2 Å². The number of nitrogens with zero attached hydrogens (tertiary/aromatic N) is 2. The van der Waals surface area contributed by atoms with E-state index in [1.165, 1.54) is 23.4 Å². The number of nitrogens with one attached hydrogen (secondary N) is 1.